The summed E-state index contributed by atoms with van der Waals surface area (Å²) in [5.41, 5.74) is 0.540. The van der Waals surface area contributed by atoms with E-state index in [0.717, 1.165) is 43.5 Å². The minimum atomic E-state index is -3.57. The molecule has 1 aromatic heterocycles. The number of amides is 1. The number of sulfonamides is 1. The summed E-state index contributed by atoms with van der Waals surface area (Å²) < 4.78 is 27.6. The van der Waals surface area contributed by atoms with E-state index in [1.54, 1.807) is 23.5 Å². The quantitative estimate of drug-likeness (QED) is 0.694. The summed E-state index contributed by atoms with van der Waals surface area (Å²) in [5.74, 6) is 0.844. The van der Waals surface area contributed by atoms with Crippen molar-refractivity contribution in [1.29, 1.82) is 0 Å². The minimum absolute atomic E-state index is 0.0225. The number of piperazine rings is 1. The van der Waals surface area contributed by atoms with Crippen molar-refractivity contribution in [3.8, 4) is 0 Å². The van der Waals surface area contributed by atoms with Crippen LogP contribution in [0.15, 0.2) is 46.7 Å². The van der Waals surface area contributed by atoms with Crippen molar-refractivity contribution in [3.05, 3.63) is 52.2 Å². The van der Waals surface area contributed by atoms with Crippen LogP contribution in [0.3, 0.4) is 0 Å². The molecule has 2 heterocycles. The molecule has 1 aromatic carbocycles. The molecule has 29 heavy (non-hydrogen) atoms. The highest BCUT2D eigenvalue weighted by Crippen LogP contribution is 2.30. The molecule has 1 saturated heterocycles. The summed E-state index contributed by atoms with van der Waals surface area (Å²) in [4.78, 5) is 18.4. The summed E-state index contributed by atoms with van der Waals surface area (Å²) >= 11 is 1.61. The maximum atomic E-state index is 12.7. The summed E-state index contributed by atoms with van der Waals surface area (Å²) in [5, 5.41) is 1.98. The van der Waals surface area contributed by atoms with Gasteiger partial charge in [0.1, 0.15) is 0 Å². The molecule has 6 nitrogen and oxygen atoms in total. The largest absolute Gasteiger partial charge is 0.336 e. The van der Waals surface area contributed by atoms with E-state index in [-0.39, 0.29) is 10.8 Å². The highest BCUT2D eigenvalue weighted by Gasteiger charge is 2.28. The van der Waals surface area contributed by atoms with Crippen molar-refractivity contribution in [3.63, 3.8) is 0 Å². The lowest BCUT2D eigenvalue weighted by atomic mass is 10.2. The van der Waals surface area contributed by atoms with Gasteiger partial charge in [-0.25, -0.2) is 13.1 Å². The van der Waals surface area contributed by atoms with Crippen molar-refractivity contribution in [1.82, 2.24) is 14.5 Å². The molecule has 0 bridgehead atoms. The van der Waals surface area contributed by atoms with Gasteiger partial charge in [-0.1, -0.05) is 6.07 Å². The van der Waals surface area contributed by atoms with Gasteiger partial charge in [-0.2, -0.15) is 0 Å². The topological polar surface area (TPSA) is 69.7 Å². The number of hydrogen-bond acceptors (Lipinski definition) is 5. The zero-order valence-electron chi connectivity index (χ0n) is 16.4. The van der Waals surface area contributed by atoms with Crippen molar-refractivity contribution in [2.75, 3.05) is 39.3 Å². The summed E-state index contributed by atoms with van der Waals surface area (Å²) in [6.45, 7) is 4.82. The lowest BCUT2D eigenvalue weighted by molar-refractivity contribution is 0.0632. The van der Waals surface area contributed by atoms with E-state index in [0.29, 0.717) is 18.5 Å². The molecule has 1 saturated carbocycles. The first-order chi connectivity index (χ1) is 14.0. The second kappa shape index (κ2) is 8.95. The lowest BCUT2D eigenvalue weighted by Gasteiger charge is -2.34. The molecule has 1 amide bonds. The molecule has 0 unspecified atom stereocenters. The van der Waals surface area contributed by atoms with E-state index < -0.39 is 10.0 Å². The molecular formula is C21H27N3O3S2. The van der Waals surface area contributed by atoms with E-state index in [9.17, 15) is 13.2 Å². The summed E-state index contributed by atoms with van der Waals surface area (Å²) in [6, 6.07) is 10.2. The standard InChI is InChI=1S/C21H27N3O3S2/c25-21(24-13-11-23(12-14-24)16-17-3-4-17)18-5-7-20(8-6-18)29(26,27)22-10-9-19-2-1-15-28-19/h1-2,5-8,15,17,22H,3-4,9-14,16H2. The predicted octanol–water partition coefficient (Wildman–Crippen LogP) is 2.44. The van der Waals surface area contributed by atoms with Crippen molar-refractivity contribution >= 4 is 27.3 Å². The third-order valence-corrected chi connectivity index (χ3v) is 7.94. The highest BCUT2D eigenvalue weighted by molar-refractivity contribution is 7.89. The third-order valence-electron chi connectivity index (χ3n) is 5.53. The Balaban J connectivity index is 1.30. The van der Waals surface area contributed by atoms with Crippen molar-refractivity contribution in [2.24, 2.45) is 5.92 Å². The monoisotopic (exact) mass is 433 g/mol. The van der Waals surface area contributed by atoms with E-state index in [1.807, 2.05) is 22.4 Å². The molecule has 156 valence electrons. The third kappa shape index (κ3) is 5.45. The number of rotatable bonds is 8. The molecule has 0 spiro atoms. The number of nitrogens with one attached hydrogen (secondary N) is 1. The molecule has 4 rings (SSSR count). The van der Waals surface area contributed by atoms with Gasteiger partial charge in [-0.05, 0) is 60.9 Å². The average molecular weight is 434 g/mol. The zero-order chi connectivity index (χ0) is 20.3. The van der Waals surface area contributed by atoms with Crippen LogP contribution >= 0.6 is 11.3 Å². The fourth-order valence-electron chi connectivity index (χ4n) is 3.61. The predicted molar refractivity (Wildman–Crippen MR) is 115 cm³/mol. The van der Waals surface area contributed by atoms with E-state index >= 15 is 0 Å². The Morgan fingerprint density at radius 2 is 1.79 bits per heavy atom. The van der Waals surface area contributed by atoms with Crippen LogP contribution < -0.4 is 4.72 Å². The number of benzene rings is 1. The van der Waals surface area contributed by atoms with Gasteiger partial charge in [-0.3, -0.25) is 9.69 Å². The van der Waals surface area contributed by atoms with Crippen LogP contribution in [0.25, 0.3) is 0 Å². The smallest absolute Gasteiger partial charge is 0.253 e. The molecule has 8 heteroatoms. The normalized spacial score (nSPS) is 18.1. The first-order valence-electron chi connectivity index (χ1n) is 10.1. The maximum Gasteiger partial charge on any atom is 0.253 e. The van der Waals surface area contributed by atoms with Crippen LogP contribution in [0.2, 0.25) is 0 Å². The number of carbonyl (C=O) groups is 1. The second-order valence-electron chi connectivity index (χ2n) is 7.79. The van der Waals surface area contributed by atoms with Gasteiger partial charge >= 0.3 is 0 Å². The van der Waals surface area contributed by atoms with Crippen LogP contribution in [0.5, 0.6) is 0 Å². The van der Waals surface area contributed by atoms with Gasteiger partial charge in [0.05, 0.1) is 4.90 Å². The van der Waals surface area contributed by atoms with Gasteiger partial charge in [0.15, 0.2) is 0 Å². The number of thiophene rings is 1. The molecule has 1 N–H and O–H groups in total. The highest BCUT2D eigenvalue weighted by atomic mass is 32.2. The molecule has 0 radical (unpaired) electrons. The Morgan fingerprint density at radius 3 is 2.41 bits per heavy atom. The molecular weight excluding hydrogens is 406 g/mol. The molecule has 2 aliphatic rings. The number of hydrogen-bond donors (Lipinski definition) is 1. The van der Waals surface area contributed by atoms with E-state index in [2.05, 4.69) is 9.62 Å². The Labute approximate surface area is 176 Å². The fourth-order valence-corrected chi connectivity index (χ4v) is 5.35. The Kier molecular flexibility index (Phi) is 6.34. The summed E-state index contributed by atoms with van der Waals surface area (Å²) in [6.07, 6.45) is 3.36. The first-order valence-corrected chi connectivity index (χ1v) is 12.5. The van der Waals surface area contributed by atoms with Gasteiger partial charge in [0.25, 0.3) is 5.91 Å². The molecule has 1 aliphatic carbocycles. The Morgan fingerprint density at radius 1 is 1.07 bits per heavy atom. The van der Waals surface area contributed by atoms with Crippen LogP contribution in [0.4, 0.5) is 0 Å². The van der Waals surface area contributed by atoms with Crippen LogP contribution in [0, 0.1) is 5.92 Å². The average Bonchev–Trinajstić information content (AvgIpc) is 3.39. The van der Waals surface area contributed by atoms with Crippen LogP contribution in [-0.4, -0.2) is 63.4 Å². The van der Waals surface area contributed by atoms with Crippen LogP contribution in [0.1, 0.15) is 28.1 Å². The van der Waals surface area contributed by atoms with Crippen LogP contribution in [-0.2, 0) is 16.4 Å². The fraction of sp³-hybridized carbons (Fsp3) is 0.476. The van der Waals surface area contributed by atoms with E-state index in [1.165, 1.54) is 25.0 Å². The lowest BCUT2D eigenvalue weighted by Crippen LogP contribution is -2.49. The van der Waals surface area contributed by atoms with E-state index in [4.69, 9.17) is 0 Å². The summed E-state index contributed by atoms with van der Waals surface area (Å²) in [7, 11) is -3.57. The molecule has 2 fully saturated rings. The molecule has 2 aromatic rings. The van der Waals surface area contributed by atoms with Gasteiger partial charge in [0.2, 0.25) is 10.0 Å². The van der Waals surface area contributed by atoms with Gasteiger partial charge < -0.3 is 4.90 Å². The van der Waals surface area contributed by atoms with Crippen molar-refractivity contribution in [2.45, 2.75) is 24.2 Å². The van der Waals surface area contributed by atoms with Crippen molar-refractivity contribution < 1.29 is 13.2 Å². The second-order valence-corrected chi connectivity index (χ2v) is 10.6. The Bertz CT molecular complexity index is 915. The van der Waals surface area contributed by atoms with Gasteiger partial charge in [-0.15, -0.1) is 11.3 Å². The number of carbonyl (C=O) groups excluding carboxylic acids is 1. The SMILES string of the molecule is O=C(c1ccc(S(=O)(=O)NCCc2cccs2)cc1)N1CCN(CC2CC2)CC1. The first kappa shape index (κ1) is 20.5. The number of nitrogens with zero attached hydrogens (tertiary/aromatic N) is 2. The molecule has 0 atom stereocenters. The van der Waals surface area contributed by atoms with Gasteiger partial charge in [0, 0.05) is 49.7 Å². The Hall–Kier alpha value is -1.74. The maximum absolute atomic E-state index is 12.7. The molecule has 1 aliphatic heterocycles. The minimum Gasteiger partial charge on any atom is -0.336 e. The zero-order valence-corrected chi connectivity index (χ0v) is 18.1.